The molecule has 0 saturated carbocycles. The maximum atomic E-state index is 12.6. The topological polar surface area (TPSA) is 122 Å². The van der Waals surface area contributed by atoms with Crippen LogP contribution in [-0.2, 0) is 9.53 Å². The lowest BCUT2D eigenvalue weighted by atomic mass is 10.2. The minimum Gasteiger partial charge on any atom is -0.462 e. The molecular formula is C17H17N5O4S. The van der Waals surface area contributed by atoms with Gasteiger partial charge in [0.2, 0.25) is 5.91 Å². The van der Waals surface area contributed by atoms with Crippen molar-refractivity contribution in [3.05, 3.63) is 51.3 Å². The molecule has 3 N–H and O–H groups in total. The number of anilines is 1. The Bertz CT molecular complexity index is 1110. The second kappa shape index (κ2) is 7.54. The van der Waals surface area contributed by atoms with Gasteiger partial charge in [-0.05, 0) is 50.3 Å². The van der Waals surface area contributed by atoms with Gasteiger partial charge < -0.3 is 19.6 Å². The molecule has 0 aliphatic heterocycles. The van der Waals surface area contributed by atoms with Gasteiger partial charge in [0.05, 0.1) is 18.5 Å². The number of nitrogens with zero attached hydrogens (tertiary/aromatic N) is 2. The number of aromatic amines is 2. The van der Waals surface area contributed by atoms with E-state index < -0.39 is 17.6 Å². The Hall–Kier alpha value is -3.27. The molecule has 1 amide bonds. The molecule has 10 heteroatoms. The van der Waals surface area contributed by atoms with E-state index in [9.17, 15) is 14.4 Å². The quantitative estimate of drug-likeness (QED) is 0.456. The monoisotopic (exact) mass is 387 g/mol. The van der Waals surface area contributed by atoms with Crippen LogP contribution in [0.2, 0.25) is 0 Å². The first-order chi connectivity index (χ1) is 12.9. The summed E-state index contributed by atoms with van der Waals surface area (Å²) in [5.74, 6) is -0.744. The van der Waals surface area contributed by atoms with Crippen molar-refractivity contribution >= 4 is 40.9 Å². The normalized spacial score (nSPS) is 11.9. The number of aromatic nitrogens is 4. The van der Waals surface area contributed by atoms with Crippen LogP contribution < -0.4 is 10.9 Å². The van der Waals surface area contributed by atoms with Crippen molar-refractivity contribution in [2.75, 3.05) is 11.9 Å². The zero-order valence-corrected chi connectivity index (χ0v) is 15.4. The first kappa shape index (κ1) is 18.5. The first-order valence-corrected chi connectivity index (χ1v) is 8.58. The Labute approximate surface area is 158 Å². The molecule has 0 saturated heterocycles. The van der Waals surface area contributed by atoms with Crippen molar-refractivity contribution in [1.82, 2.24) is 19.5 Å². The Kier molecular flexibility index (Phi) is 5.17. The number of rotatable bonds is 5. The summed E-state index contributed by atoms with van der Waals surface area (Å²) in [7, 11) is 0. The summed E-state index contributed by atoms with van der Waals surface area (Å²) in [4.78, 5) is 45.4. The van der Waals surface area contributed by atoms with Crippen molar-refractivity contribution in [1.29, 1.82) is 0 Å². The third-order valence-electron chi connectivity index (χ3n) is 3.93. The van der Waals surface area contributed by atoms with E-state index in [0.717, 1.165) is 0 Å². The molecular weight excluding hydrogens is 370 g/mol. The highest BCUT2D eigenvalue weighted by molar-refractivity contribution is 7.71. The summed E-state index contributed by atoms with van der Waals surface area (Å²) >= 11 is 4.97. The SMILES string of the molecule is CCOC(=O)c1ccc(NC(=O)C(C)n2cnc3c(=O)[nH]c(=S)[nH]c32)cc1. The molecule has 3 aromatic rings. The molecule has 2 aromatic heterocycles. The summed E-state index contributed by atoms with van der Waals surface area (Å²) < 4.78 is 6.60. The van der Waals surface area contributed by atoms with Crippen LogP contribution in [-0.4, -0.2) is 38.0 Å². The second-order valence-electron chi connectivity index (χ2n) is 5.72. The average Bonchev–Trinajstić information content (AvgIpc) is 3.06. The van der Waals surface area contributed by atoms with Gasteiger partial charge in [-0.1, -0.05) is 0 Å². The maximum Gasteiger partial charge on any atom is 0.338 e. The zero-order chi connectivity index (χ0) is 19.6. The molecule has 0 spiro atoms. The standard InChI is InChI=1S/C17H17N5O4S/c1-3-26-16(25)10-4-6-11(7-5-10)19-14(23)9(2)22-8-18-12-13(22)20-17(27)21-15(12)24/h4-9H,3H2,1-2H3,(H,19,23)(H2,20,21,24,27). The van der Waals surface area contributed by atoms with Crippen molar-refractivity contribution in [3.8, 4) is 0 Å². The Morgan fingerprint density at radius 1 is 1.30 bits per heavy atom. The van der Waals surface area contributed by atoms with Crippen LogP contribution in [0.25, 0.3) is 11.2 Å². The predicted octanol–water partition coefficient (Wildman–Crippen LogP) is 2.16. The highest BCUT2D eigenvalue weighted by atomic mass is 32.1. The first-order valence-electron chi connectivity index (χ1n) is 8.18. The Morgan fingerprint density at radius 2 is 2.00 bits per heavy atom. The summed E-state index contributed by atoms with van der Waals surface area (Å²) in [6.07, 6.45) is 1.40. The van der Waals surface area contributed by atoms with Gasteiger partial charge in [0, 0.05) is 5.69 Å². The molecule has 0 aliphatic rings. The van der Waals surface area contributed by atoms with Gasteiger partial charge in [-0.15, -0.1) is 0 Å². The van der Waals surface area contributed by atoms with E-state index >= 15 is 0 Å². The van der Waals surface area contributed by atoms with E-state index in [0.29, 0.717) is 23.5 Å². The van der Waals surface area contributed by atoms with Crippen LogP contribution in [0.5, 0.6) is 0 Å². The minimum absolute atomic E-state index is 0.149. The number of hydrogen-bond acceptors (Lipinski definition) is 6. The summed E-state index contributed by atoms with van der Waals surface area (Å²) in [6, 6.07) is 5.71. The number of esters is 1. The Morgan fingerprint density at radius 3 is 2.67 bits per heavy atom. The molecule has 140 valence electrons. The minimum atomic E-state index is -0.660. The van der Waals surface area contributed by atoms with Gasteiger partial charge in [0.15, 0.2) is 10.3 Å². The number of carbonyl (C=O) groups excluding carboxylic acids is 2. The van der Waals surface area contributed by atoms with Crippen molar-refractivity contribution in [3.63, 3.8) is 0 Å². The lowest BCUT2D eigenvalue weighted by molar-refractivity contribution is -0.118. The molecule has 27 heavy (non-hydrogen) atoms. The van der Waals surface area contributed by atoms with E-state index in [-0.39, 0.29) is 16.2 Å². The van der Waals surface area contributed by atoms with Crippen molar-refractivity contribution in [2.45, 2.75) is 19.9 Å². The van der Waals surface area contributed by atoms with Gasteiger partial charge >= 0.3 is 5.97 Å². The van der Waals surface area contributed by atoms with E-state index in [1.54, 1.807) is 38.1 Å². The molecule has 0 fully saturated rings. The molecule has 2 heterocycles. The number of H-pyrrole nitrogens is 2. The summed E-state index contributed by atoms with van der Waals surface area (Å²) in [5.41, 5.74) is 1.03. The van der Waals surface area contributed by atoms with E-state index in [4.69, 9.17) is 17.0 Å². The van der Waals surface area contributed by atoms with E-state index in [1.165, 1.54) is 10.9 Å². The van der Waals surface area contributed by atoms with Crippen LogP contribution in [0, 0.1) is 4.77 Å². The summed E-state index contributed by atoms with van der Waals surface area (Å²) in [6.45, 7) is 3.69. The Balaban J connectivity index is 1.79. The van der Waals surface area contributed by atoms with Gasteiger partial charge in [-0.25, -0.2) is 9.78 Å². The average molecular weight is 387 g/mol. The van der Waals surface area contributed by atoms with Crippen LogP contribution in [0.15, 0.2) is 35.4 Å². The highest BCUT2D eigenvalue weighted by Crippen LogP contribution is 2.16. The molecule has 1 atom stereocenters. The number of hydrogen-bond donors (Lipinski definition) is 3. The van der Waals surface area contributed by atoms with Crippen molar-refractivity contribution < 1.29 is 14.3 Å². The fraction of sp³-hybridized carbons (Fsp3) is 0.235. The number of fused-ring (bicyclic) bond motifs is 1. The number of imidazole rings is 1. The summed E-state index contributed by atoms with van der Waals surface area (Å²) in [5, 5.41) is 2.76. The third kappa shape index (κ3) is 3.80. The van der Waals surface area contributed by atoms with Crippen LogP contribution in [0.3, 0.4) is 0 Å². The van der Waals surface area contributed by atoms with Crippen LogP contribution in [0.4, 0.5) is 5.69 Å². The molecule has 0 aliphatic carbocycles. The largest absolute Gasteiger partial charge is 0.462 e. The fourth-order valence-electron chi connectivity index (χ4n) is 2.52. The molecule has 0 bridgehead atoms. The van der Waals surface area contributed by atoms with E-state index in [1.807, 2.05) is 0 Å². The molecule has 0 radical (unpaired) electrons. The number of ether oxygens (including phenoxy) is 1. The van der Waals surface area contributed by atoms with Crippen LogP contribution in [0.1, 0.15) is 30.2 Å². The van der Waals surface area contributed by atoms with E-state index in [2.05, 4.69) is 20.3 Å². The predicted molar refractivity (Wildman–Crippen MR) is 101 cm³/mol. The fourth-order valence-corrected chi connectivity index (χ4v) is 2.71. The lowest BCUT2D eigenvalue weighted by Crippen LogP contribution is -2.24. The molecule has 1 aromatic carbocycles. The lowest BCUT2D eigenvalue weighted by Gasteiger charge is -2.14. The van der Waals surface area contributed by atoms with Gasteiger partial charge in [-0.2, -0.15) is 0 Å². The smallest absolute Gasteiger partial charge is 0.338 e. The zero-order valence-electron chi connectivity index (χ0n) is 14.6. The van der Waals surface area contributed by atoms with Gasteiger partial charge in [0.25, 0.3) is 5.56 Å². The third-order valence-corrected chi connectivity index (χ3v) is 4.13. The highest BCUT2D eigenvalue weighted by Gasteiger charge is 2.19. The maximum absolute atomic E-state index is 12.6. The number of benzene rings is 1. The number of carbonyl (C=O) groups is 2. The van der Waals surface area contributed by atoms with Crippen molar-refractivity contribution in [2.24, 2.45) is 0 Å². The number of nitrogens with one attached hydrogen (secondary N) is 3. The molecule has 1 unspecified atom stereocenters. The second-order valence-corrected chi connectivity index (χ2v) is 6.13. The molecule has 9 nitrogen and oxygen atoms in total. The van der Waals surface area contributed by atoms with Crippen LogP contribution >= 0.6 is 12.2 Å². The number of amides is 1. The molecule has 3 rings (SSSR count). The van der Waals surface area contributed by atoms with Gasteiger partial charge in [0.1, 0.15) is 11.7 Å². The van der Waals surface area contributed by atoms with Gasteiger partial charge in [-0.3, -0.25) is 14.6 Å².